The van der Waals surface area contributed by atoms with E-state index in [0.29, 0.717) is 18.7 Å². The lowest BCUT2D eigenvalue weighted by atomic mass is 10.1. The van der Waals surface area contributed by atoms with Gasteiger partial charge in [-0.3, -0.25) is 0 Å². The smallest absolute Gasteiger partial charge is 0.339 e. The standard InChI is InChI=1S/C20H20N2O4S/c21-14-16-8-10-17(11-9-16)15-26-20(23)18-6-2-3-7-19(18)27(24,25)22-12-4-1-5-13-22/h2-3,6-11H,1,4-5,12-13,15H2. The van der Waals surface area contributed by atoms with Crippen LogP contribution in [0.3, 0.4) is 0 Å². The monoisotopic (exact) mass is 384 g/mol. The van der Waals surface area contributed by atoms with Crippen molar-refractivity contribution in [1.29, 1.82) is 5.26 Å². The molecule has 0 saturated carbocycles. The highest BCUT2D eigenvalue weighted by atomic mass is 32.2. The second-order valence-electron chi connectivity index (χ2n) is 6.35. The molecule has 0 bridgehead atoms. The Morgan fingerprint density at radius 2 is 1.70 bits per heavy atom. The fourth-order valence-electron chi connectivity index (χ4n) is 3.01. The molecule has 1 aliphatic heterocycles. The minimum Gasteiger partial charge on any atom is -0.457 e. The van der Waals surface area contributed by atoms with E-state index in [9.17, 15) is 13.2 Å². The third-order valence-corrected chi connectivity index (χ3v) is 6.45. The van der Waals surface area contributed by atoms with Gasteiger partial charge in [0.15, 0.2) is 0 Å². The van der Waals surface area contributed by atoms with Gasteiger partial charge in [-0.05, 0) is 42.7 Å². The van der Waals surface area contributed by atoms with E-state index in [1.54, 1.807) is 36.4 Å². The summed E-state index contributed by atoms with van der Waals surface area (Å²) in [6, 6.07) is 14.8. The molecule has 0 aliphatic carbocycles. The largest absolute Gasteiger partial charge is 0.457 e. The molecular formula is C20H20N2O4S. The predicted molar refractivity (Wildman–Crippen MR) is 99.3 cm³/mol. The van der Waals surface area contributed by atoms with Crippen LogP contribution in [0.5, 0.6) is 0 Å². The van der Waals surface area contributed by atoms with Crippen LogP contribution in [0.4, 0.5) is 0 Å². The van der Waals surface area contributed by atoms with Crippen LogP contribution in [-0.4, -0.2) is 31.8 Å². The maximum Gasteiger partial charge on any atom is 0.339 e. The molecule has 1 heterocycles. The minimum atomic E-state index is -3.73. The van der Waals surface area contributed by atoms with Gasteiger partial charge in [-0.1, -0.05) is 30.7 Å². The molecule has 0 unspecified atom stereocenters. The van der Waals surface area contributed by atoms with E-state index in [1.807, 2.05) is 6.07 Å². The molecule has 7 heteroatoms. The van der Waals surface area contributed by atoms with E-state index in [2.05, 4.69) is 0 Å². The summed E-state index contributed by atoms with van der Waals surface area (Å²) in [7, 11) is -3.73. The van der Waals surface area contributed by atoms with E-state index in [1.165, 1.54) is 16.4 Å². The molecule has 0 radical (unpaired) electrons. The highest BCUT2D eigenvalue weighted by molar-refractivity contribution is 7.89. The predicted octanol–water partition coefficient (Wildman–Crippen LogP) is 3.09. The number of esters is 1. The third-order valence-electron chi connectivity index (χ3n) is 4.49. The van der Waals surface area contributed by atoms with Crippen LogP contribution in [0.2, 0.25) is 0 Å². The SMILES string of the molecule is N#Cc1ccc(COC(=O)c2ccccc2S(=O)(=O)N2CCCCC2)cc1. The van der Waals surface area contributed by atoms with Gasteiger partial charge in [0.2, 0.25) is 10.0 Å². The first-order chi connectivity index (χ1) is 13.0. The van der Waals surface area contributed by atoms with Crippen molar-refractivity contribution in [2.45, 2.75) is 30.8 Å². The van der Waals surface area contributed by atoms with Gasteiger partial charge in [-0.15, -0.1) is 0 Å². The first kappa shape index (κ1) is 19.1. The van der Waals surface area contributed by atoms with E-state index >= 15 is 0 Å². The van der Waals surface area contributed by atoms with Gasteiger partial charge >= 0.3 is 5.97 Å². The molecule has 2 aromatic rings. The molecule has 0 amide bonds. The maximum absolute atomic E-state index is 12.9. The summed E-state index contributed by atoms with van der Waals surface area (Å²) in [4.78, 5) is 12.5. The van der Waals surface area contributed by atoms with Gasteiger partial charge < -0.3 is 4.74 Å². The first-order valence-corrected chi connectivity index (χ1v) is 10.2. The normalized spacial score (nSPS) is 15.1. The van der Waals surface area contributed by atoms with E-state index < -0.39 is 16.0 Å². The summed E-state index contributed by atoms with van der Waals surface area (Å²) in [5.74, 6) is -0.685. The Balaban J connectivity index is 1.78. The summed E-state index contributed by atoms with van der Waals surface area (Å²) in [6.45, 7) is 0.941. The molecule has 140 valence electrons. The van der Waals surface area contributed by atoms with Crippen molar-refractivity contribution in [2.24, 2.45) is 0 Å². The highest BCUT2D eigenvalue weighted by Gasteiger charge is 2.30. The summed E-state index contributed by atoms with van der Waals surface area (Å²) >= 11 is 0. The van der Waals surface area contributed by atoms with Crippen LogP contribution in [-0.2, 0) is 21.4 Å². The first-order valence-electron chi connectivity index (χ1n) is 8.78. The van der Waals surface area contributed by atoms with Crippen molar-refractivity contribution in [1.82, 2.24) is 4.31 Å². The Labute approximate surface area is 159 Å². The van der Waals surface area contributed by atoms with Gasteiger partial charge in [-0.25, -0.2) is 13.2 Å². The molecule has 2 aromatic carbocycles. The summed E-state index contributed by atoms with van der Waals surface area (Å²) < 4.78 is 32.6. The number of ether oxygens (including phenoxy) is 1. The van der Waals surface area contributed by atoms with Gasteiger partial charge in [0.1, 0.15) is 6.61 Å². The summed E-state index contributed by atoms with van der Waals surface area (Å²) in [5, 5.41) is 8.81. The molecule has 0 spiro atoms. The third kappa shape index (κ3) is 4.35. The fourth-order valence-corrected chi connectivity index (χ4v) is 4.70. The molecule has 6 nitrogen and oxygen atoms in total. The van der Waals surface area contributed by atoms with Crippen molar-refractivity contribution in [3.05, 3.63) is 65.2 Å². The number of sulfonamides is 1. The van der Waals surface area contributed by atoms with Crippen molar-refractivity contribution < 1.29 is 17.9 Å². The second kappa shape index (κ2) is 8.33. The van der Waals surface area contributed by atoms with Gasteiger partial charge in [0.05, 0.1) is 22.1 Å². The average Bonchev–Trinajstić information content (AvgIpc) is 2.73. The zero-order chi connectivity index (χ0) is 19.3. The van der Waals surface area contributed by atoms with Crippen LogP contribution >= 0.6 is 0 Å². The molecule has 0 aromatic heterocycles. The van der Waals surface area contributed by atoms with Crippen LogP contribution in [0.1, 0.15) is 40.7 Å². The Hall–Kier alpha value is -2.69. The minimum absolute atomic E-state index is 0.00262. The zero-order valence-electron chi connectivity index (χ0n) is 14.8. The van der Waals surface area contributed by atoms with Crippen molar-refractivity contribution >= 4 is 16.0 Å². The topological polar surface area (TPSA) is 87.5 Å². The molecule has 1 saturated heterocycles. The number of rotatable bonds is 5. The Kier molecular flexibility index (Phi) is 5.89. The molecule has 0 atom stereocenters. The Morgan fingerprint density at radius 1 is 1.04 bits per heavy atom. The van der Waals surface area contributed by atoms with E-state index in [-0.39, 0.29) is 17.1 Å². The number of hydrogen-bond acceptors (Lipinski definition) is 5. The van der Waals surface area contributed by atoms with Crippen molar-refractivity contribution in [2.75, 3.05) is 13.1 Å². The molecule has 1 fully saturated rings. The maximum atomic E-state index is 12.9. The number of carbonyl (C=O) groups excluding carboxylic acids is 1. The molecule has 27 heavy (non-hydrogen) atoms. The summed E-state index contributed by atoms with van der Waals surface area (Å²) in [6.07, 6.45) is 2.66. The number of benzene rings is 2. The lowest BCUT2D eigenvalue weighted by Crippen LogP contribution is -2.36. The second-order valence-corrected chi connectivity index (χ2v) is 8.25. The van der Waals surface area contributed by atoms with Crippen molar-refractivity contribution in [3.8, 4) is 6.07 Å². The highest BCUT2D eigenvalue weighted by Crippen LogP contribution is 2.24. The molecule has 1 aliphatic rings. The van der Waals surface area contributed by atoms with Crippen LogP contribution in [0.25, 0.3) is 0 Å². The number of nitriles is 1. The molecule has 3 rings (SSSR count). The number of hydrogen-bond donors (Lipinski definition) is 0. The lowest BCUT2D eigenvalue weighted by Gasteiger charge is -2.26. The zero-order valence-corrected chi connectivity index (χ0v) is 15.6. The van der Waals surface area contributed by atoms with Gasteiger partial charge in [-0.2, -0.15) is 9.57 Å². The number of nitrogens with zero attached hydrogens (tertiary/aromatic N) is 2. The summed E-state index contributed by atoms with van der Waals surface area (Å²) in [5.41, 5.74) is 1.28. The van der Waals surface area contributed by atoms with Crippen LogP contribution < -0.4 is 0 Å². The van der Waals surface area contributed by atoms with Gasteiger partial charge in [0, 0.05) is 13.1 Å². The quantitative estimate of drug-likeness (QED) is 0.739. The molecule has 0 N–H and O–H groups in total. The Bertz CT molecular complexity index is 956. The number of piperidine rings is 1. The van der Waals surface area contributed by atoms with E-state index in [0.717, 1.165) is 24.8 Å². The van der Waals surface area contributed by atoms with Gasteiger partial charge in [0.25, 0.3) is 0 Å². The van der Waals surface area contributed by atoms with Crippen LogP contribution in [0.15, 0.2) is 53.4 Å². The van der Waals surface area contributed by atoms with Crippen molar-refractivity contribution in [3.63, 3.8) is 0 Å². The lowest BCUT2D eigenvalue weighted by molar-refractivity contribution is 0.0468. The molecular weight excluding hydrogens is 364 g/mol. The fraction of sp³-hybridized carbons (Fsp3) is 0.300. The van der Waals surface area contributed by atoms with Crippen LogP contribution in [0, 0.1) is 11.3 Å². The Morgan fingerprint density at radius 3 is 2.37 bits per heavy atom. The number of carbonyl (C=O) groups is 1. The average molecular weight is 384 g/mol. The van der Waals surface area contributed by atoms with E-state index in [4.69, 9.17) is 10.00 Å².